The number of hydrogen-bond donors (Lipinski definition) is 1. The van der Waals surface area contributed by atoms with Crippen molar-refractivity contribution in [3.63, 3.8) is 0 Å². The summed E-state index contributed by atoms with van der Waals surface area (Å²) in [7, 11) is 0. The van der Waals surface area contributed by atoms with E-state index in [-0.39, 0.29) is 5.82 Å². The maximum absolute atomic E-state index is 13.1. The molecule has 1 aliphatic heterocycles. The Morgan fingerprint density at radius 2 is 2.42 bits per heavy atom. The molecule has 1 aromatic carbocycles. The molecule has 1 aromatic rings. The molecule has 2 rings (SSSR count). The van der Waals surface area contributed by atoms with Gasteiger partial charge in [0.1, 0.15) is 5.82 Å². The van der Waals surface area contributed by atoms with Crippen LogP contribution in [-0.2, 0) is 6.42 Å². The van der Waals surface area contributed by atoms with Crippen molar-refractivity contribution in [2.24, 2.45) is 5.73 Å². The molecule has 0 spiro atoms. The van der Waals surface area contributed by atoms with Gasteiger partial charge < -0.3 is 5.73 Å². The Morgan fingerprint density at radius 1 is 1.58 bits per heavy atom. The fourth-order valence-corrected chi connectivity index (χ4v) is 2.61. The lowest BCUT2D eigenvalue weighted by Crippen LogP contribution is -2.15. The van der Waals surface area contributed by atoms with Crippen molar-refractivity contribution in [2.45, 2.75) is 16.6 Å². The summed E-state index contributed by atoms with van der Waals surface area (Å²) in [6.45, 7) is 0.624. The van der Waals surface area contributed by atoms with Crippen LogP contribution in [0, 0.1) is 5.82 Å². The van der Waals surface area contributed by atoms with Gasteiger partial charge in [-0.3, -0.25) is 0 Å². The summed E-state index contributed by atoms with van der Waals surface area (Å²) < 4.78 is 13.1. The van der Waals surface area contributed by atoms with Crippen molar-refractivity contribution in [3.8, 4) is 0 Å². The SMILES string of the molecule is NC[C@H]1Cc2c(F)cccc2S1. The molecule has 0 aliphatic carbocycles. The minimum absolute atomic E-state index is 0.0871. The number of halogens is 1. The highest BCUT2D eigenvalue weighted by Crippen LogP contribution is 2.37. The van der Waals surface area contributed by atoms with Crippen LogP contribution in [0.5, 0.6) is 0 Å². The Labute approximate surface area is 75.1 Å². The number of fused-ring (bicyclic) bond motifs is 1. The molecule has 0 saturated carbocycles. The minimum atomic E-state index is -0.0871. The zero-order chi connectivity index (χ0) is 8.55. The maximum Gasteiger partial charge on any atom is 0.127 e. The van der Waals surface area contributed by atoms with E-state index in [1.807, 2.05) is 6.07 Å². The molecule has 0 radical (unpaired) electrons. The molecule has 0 amide bonds. The van der Waals surface area contributed by atoms with E-state index in [0.717, 1.165) is 16.9 Å². The van der Waals surface area contributed by atoms with Gasteiger partial charge in [-0.1, -0.05) is 6.07 Å². The van der Waals surface area contributed by atoms with E-state index in [2.05, 4.69) is 0 Å². The highest BCUT2D eigenvalue weighted by Gasteiger charge is 2.23. The zero-order valence-electron chi connectivity index (χ0n) is 6.59. The molecule has 1 nitrogen and oxygen atoms in total. The molecule has 0 unspecified atom stereocenters. The van der Waals surface area contributed by atoms with Gasteiger partial charge in [0.15, 0.2) is 0 Å². The fraction of sp³-hybridized carbons (Fsp3) is 0.333. The minimum Gasteiger partial charge on any atom is -0.329 e. The lowest BCUT2D eigenvalue weighted by Gasteiger charge is -2.00. The number of thioether (sulfide) groups is 1. The van der Waals surface area contributed by atoms with Crippen LogP contribution in [0.2, 0.25) is 0 Å². The van der Waals surface area contributed by atoms with E-state index in [0.29, 0.717) is 11.8 Å². The van der Waals surface area contributed by atoms with Crippen molar-refractivity contribution < 1.29 is 4.39 Å². The molecule has 2 N–H and O–H groups in total. The van der Waals surface area contributed by atoms with Crippen LogP contribution in [0.4, 0.5) is 4.39 Å². The largest absolute Gasteiger partial charge is 0.329 e. The summed E-state index contributed by atoms with van der Waals surface area (Å²) in [6, 6.07) is 5.22. The molecule has 3 heteroatoms. The fourth-order valence-electron chi connectivity index (χ4n) is 1.43. The van der Waals surface area contributed by atoms with Gasteiger partial charge in [0.05, 0.1) is 0 Å². The van der Waals surface area contributed by atoms with Gasteiger partial charge in [0.25, 0.3) is 0 Å². The van der Waals surface area contributed by atoms with Crippen molar-refractivity contribution in [2.75, 3.05) is 6.54 Å². The molecule has 0 aromatic heterocycles. The average Bonchev–Trinajstić information content (AvgIpc) is 2.49. The van der Waals surface area contributed by atoms with E-state index in [4.69, 9.17) is 5.73 Å². The number of hydrogen-bond acceptors (Lipinski definition) is 2. The number of rotatable bonds is 1. The first-order chi connectivity index (χ1) is 5.81. The van der Waals surface area contributed by atoms with Gasteiger partial charge in [-0.05, 0) is 18.6 Å². The molecule has 1 heterocycles. The molecule has 0 bridgehead atoms. The number of benzene rings is 1. The molecule has 12 heavy (non-hydrogen) atoms. The van der Waals surface area contributed by atoms with E-state index < -0.39 is 0 Å². The molecule has 0 saturated heterocycles. The Bertz CT molecular complexity index is 301. The molecule has 0 fully saturated rings. The van der Waals surface area contributed by atoms with Crippen molar-refractivity contribution in [1.29, 1.82) is 0 Å². The van der Waals surface area contributed by atoms with E-state index in [1.165, 1.54) is 6.07 Å². The smallest absolute Gasteiger partial charge is 0.127 e. The van der Waals surface area contributed by atoms with Gasteiger partial charge in [0.2, 0.25) is 0 Å². The zero-order valence-corrected chi connectivity index (χ0v) is 7.40. The third-order valence-electron chi connectivity index (χ3n) is 2.06. The van der Waals surface area contributed by atoms with E-state index >= 15 is 0 Å². The first-order valence-electron chi connectivity index (χ1n) is 3.95. The average molecular weight is 183 g/mol. The lowest BCUT2D eigenvalue weighted by atomic mass is 10.1. The summed E-state index contributed by atoms with van der Waals surface area (Å²) >= 11 is 1.69. The normalized spacial score (nSPS) is 21.0. The van der Waals surface area contributed by atoms with Crippen LogP contribution in [-0.4, -0.2) is 11.8 Å². The van der Waals surface area contributed by atoms with Gasteiger partial charge in [-0.2, -0.15) is 0 Å². The summed E-state index contributed by atoms with van der Waals surface area (Å²) in [5.74, 6) is -0.0871. The van der Waals surface area contributed by atoms with E-state index in [9.17, 15) is 4.39 Å². The van der Waals surface area contributed by atoms with Gasteiger partial charge in [-0.15, -0.1) is 11.8 Å². The first-order valence-corrected chi connectivity index (χ1v) is 4.83. The maximum atomic E-state index is 13.1. The second-order valence-electron chi connectivity index (χ2n) is 2.90. The molecule has 1 atom stereocenters. The molecule has 64 valence electrons. The third-order valence-corrected chi connectivity index (χ3v) is 3.39. The van der Waals surface area contributed by atoms with Gasteiger partial charge in [0, 0.05) is 22.3 Å². The van der Waals surface area contributed by atoms with Crippen molar-refractivity contribution >= 4 is 11.8 Å². The first kappa shape index (κ1) is 8.08. The van der Waals surface area contributed by atoms with Crippen molar-refractivity contribution in [1.82, 2.24) is 0 Å². The number of nitrogens with two attached hydrogens (primary N) is 1. The van der Waals surface area contributed by atoms with Crippen LogP contribution >= 0.6 is 11.8 Å². The Hall–Kier alpha value is -0.540. The van der Waals surface area contributed by atoms with Crippen LogP contribution < -0.4 is 5.73 Å². The standard InChI is InChI=1S/C9H10FNS/c10-8-2-1-3-9-7(8)4-6(5-11)12-9/h1-3,6H,4-5,11H2/t6-/m1/s1. The van der Waals surface area contributed by atoms with Crippen molar-refractivity contribution in [3.05, 3.63) is 29.6 Å². The predicted octanol–water partition coefficient (Wildman–Crippen LogP) is 1.80. The summed E-state index contributed by atoms with van der Waals surface area (Å²) in [6.07, 6.45) is 0.781. The second kappa shape index (κ2) is 3.07. The summed E-state index contributed by atoms with van der Waals surface area (Å²) in [5.41, 5.74) is 6.37. The van der Waals surface area contributed by atoms with Crippen LogP contribution in [0.3, 0.4) is 0 Å². The summed E-state index contributed by atoms with van der Waals surface area (Å²) in [4.78, 5) is 1.06. The Kier molecular flexibility index (Phi) is 2.07. The summed E-state index contributed by atoms with van der Waals surface area (Å²) in [5, 5.41) is 0.372. The highest BCUT2D eigenvalue weighted by molar-refractivity contribution is 8.00. The third kappa shape index (κ3) is 1.23. The van der Waals surface area contributed by atoms with Crippen LogP contribution in [0.1, 0.15) is 5.56 Å². The molecule has 1 aliphatic rings. The van der Waals surface area contributed by atoms with Crippen LogP contribution in [0.25, 0.3) is 0 Å². The van der Waals surface area contributed by atoms with Gasteiger partial charge >= 0.3 is 0 Å². The quantitative estimate of drug-likeness (QED) is 0.718. The molecular weight excluding hydrogens is 173 g/mol. The molecular formula is C9H10FNS. The van der Waals surface area contributed by atoms with Gasteiger partial charge in [-0.25, -0.2) is 4.39 Å². The van der Waals surface area contributed by atoms with E-state index in [1.54, 1.807) is 17.8 Å². The second-order valence-corrected chi connectivity index (χ2v) is 4.24. The predicted molar refractivity (Wildman–Crippen MR) is 48.8 cm³/mol. The topological polar surface area (TPSA) is 26.0 Å². The Balaban J connectivity index is 2.35. The highest BCUT2D eigenvalue weighted by atomic mass is 32.2. The Morgan fingerprint density at radius 3 is 3.08 bits per heavy atom. The monoisotopic (exact) mass is 183 g/mol. The van der Waals surface area contributed by atoms with Crippen LogP contribution in [0.15, 0.2) is 23.1 Å². The lowest BCUT2D eigenvalue weighted by molar-refractivity contribution is 0.604.